The Labute approximate surface area is 247 Å². The Morgan fingerprint density at radius 2 is 1.98 bits per heavy atom. The second-order valence-electron chi connectivity index (χ2n) is 12.3. The van der Waals surface area contributed by atoms with Gasteiger partial charge in [-0.2, -0.15) is 0 Å². The number of halogens is 1. The van der Waals surface area contributed by atoms with Gasteiger partial charge in [0.2, 0.25) is 5.88 Å². The van der Waals surface area contributed by atoms with Crippen molar-refractivity contribution in [1.82, 2.24) is 9.88 Å². The molecule has 1 saturated carbocycles. The molecule has 0 amide bonds. The summed E-state index contributed by atoms with van der Waals surface area (Å²) in [6, 6.07) is 14.8. The number of aliphatic carboxylic acids is 1. The van der Waals surface area contributed by atoms with Crippen LogP contribution in [0.5, 0.6) is 11.6 Å². The number of likely N-dealkylation sites (tertiary alicyclic amines) is 1. The number of carboxylic acids is 1. The van der Waals surface area contributed by atoms with Crippen LogP contribution >= 0.6 is 0 Å². The standard InChI is InChI=1S/C35H41FN2O4/c1-4-27-6-5-15-38(27)20-26-16-24(11-13-28(26)29-18-33(41-3)37-19-30(29)36)31-14-12-22-7-10-25(17-32(22)42-31)34(23-8-9-23)21(2)35(39)40/h7,10-11,13,16-19,21,23,27,31,34H,4-6,8-9,12,14-15,20H2,1-3H3,(H,39,40)/t21-,27?,31?,34-/m0/s1. The molecule has 1 saturated heterocycles. The van der Waals surface area contributed by atoms with Crippen LogP contribution in [0.4, 0.5) is 4.39 Å². The number of fused-ring (bicyclic) bond motifs is 1. The predicted octanol–water partition coefficient (Wildman–Crippen LogP) is 7.55. The van der Waals surface area contributed by atoms with E-state index in [1.165, 1.54) is 19.0 Å². The summed E-state index contributed by atoms with van der Waals surface area (Å²) >= 11 is 0. The maximum Gasteiger partial charge on any atom is 0.306 e. The first-order valence-electron chi connectivity index (χ1n) is 15.4. The lowest BCUT2D eigenvalue weighted by Gasteiger charge is -2.30. The van der Waals surface area contributed by atoms with Crippen LogP contribution < -0.4 is 9.47 Å². The highest BCUT2D eigenvalue weighted by molar-refractivity contribution is 5.71. The normalized spacial score (nSPS) is 21.8. The van der Waals surface area contributed by atoms with Crippen LogP contribution in [-0.2, 0) is 17.8 Å². The van der Waals surface area contributed by atoms with Crippen LogP contribution in [0.15, 0.2) is 48.7 Å². The van der Waals surface area contributed by atoms with E-state index in [9.17, 15) is 9.90 Å². The van der Waals surface area contributed by atoms with Crippen LogP contribution in [0.2, 0.25) is 0 Å². The number of rotatable bonds is 10. The Hall–Kier alpha value is -3.45. The van der Waals surface area contributed by atoms with Crippen molar-refractivity contribution in [3.63, 3.8) is 0 Å². The van der Waals surface area contributed by atoms with E-state index in [2.05, 4.69) is 47.1 Å². The summed E-state index contributed by atoms with van der Waals surface area (Å²) < 4.78 is 27.1. The molecule has 4 atom stereocenters. The van der Waals surface area contributed by atoms with Crippen molar-refractivity contribution in [2.24, 2.45) is 11.8 Å². The van der Waals surface area contributed by atoms with Gasteiger partial charge in [0, 0.05) is 24.2 Å². The van der Waals surface area contributed by atoms with E-state index < -0.39 is 11.9 Å². The number of carboxylic acid groups (broad SMARTS) is 1. The molecule has 3 aromatic rings. The average Bonchev–Trinajstić information content (AvgIpc) is 3.74. The van der Waals surface area contributed by atoms with Crippen LogP contribution in [0.1, 0.15) is 86.6 Å². The molecule has 0 bridgehead atoms. The minimum absolute atomic E-state index is 0.00175. The number of nitrogens with zero attached hydrogens (tertiary/aromatic N) is 2. The van der Waals surface area contributed by atoms with Gasteiger partial charge in [0.25, 0.3) is 0 Å². The summed E-state index contributed by atoms with van der Waals surface area (Å²) in [6.07, 6.45) is 8.47. The van der Waals surface area contributed by atoms with Crippen molar-refractivity contribution in [3.8, 4) is 22.8 Å². The number of hydrogen-bond acceptors (Lipinski definition) is 5. The number of hydrogen-bond donors (Lipinski definition) is 1. The van der Waals surface area contributed by atoms with Gasteiger partial charge in [-0.1, -0.05) is 44.2 Å². The first-order chi connectivity index (χ1) is 20.4. The van der Waals surface area contributed by atoms with Crippen molar-refractivity contribution in [3.05, 3.63) is 76.7 Å². The maximum absolute atomic E-state index is 15.1. The largest absolute Gasteiger partial charge is 0.485 e. The van der Waals surface area contributed by atoms with E-state index >= 15 is 4.39 Å². The third kappa shape index (κ3) is 5.76. The Bertz CT molecular complexity index is 1450. The fourth-order valence-electron chi connectivity index (χ4n) is 7.14. The second kappa shape index (κ2) is 12.0. The van der Waals surface area contributed by atoms with Gasteiger partial charge in [-0.3, -0.25) is 9.69 Å². The third-order valence-electron chi connectivity index (χ3n) is 9.65. The zero-order chi connectivity index (χ0) is 29.4. The molecule has 222 valence electrons. The Kier molecular flexibility index (Phi) is 8.22. The zero-order valence-corrected chi connectivity index (χ0v) is 24.8. The molecule has 42 heavy (non-hydrogen) atoms. The zero-order valence-electron chi connectivity index (χ0n) is 24.8. The molecule has 1 aromatic heterocycles. The van der Waals surface area contributed by atoms with Gasteiger partial charge >= 0.3 is 5.97 Å². The van der Waals surface area contributed by atoms with Crippen molar-refractivity contribution >= 4 is 5.97 Å². The number of benzene rings is 2. The molecule has 2 fully saturated rings. The Morgan fingerprint density at radius 1 is 1.14 bits per heavy atom. The van der Waals surface area contributed by atoms with E-state index in [0.717, 1.165) is 78.8 Å². The summed E-state index contributed by atoms with van der Waals surface area (Å²) in [7, 11) is 1.54. The van der Waals surface area contributed by atoms with Gasteiger partial charge in [-0.15, -0.1) is 0 Å². The van der Waals surface area contributed by atoms with Crippen molar-refractivity contribution in [2.75, 3.05) is 13.7 Å². The van der Waals surface area contributed by atoms with Gasteiger partial charge in [0.15, 0.2) is 0 Å². The molecular formula is C35H41FN2O4. The van der Waals surface area contributed by atoms with Crippen molar-refractivity contribution in [1.29, 1.82) is 0 Å². The van der Waals surface area contributed by atoms with E-state index in [-0.39, 0.29) is 17.8 Å². The van der Waals surface area contributed by atoms with Crippen molar-refractivity contribution < 1.29 is 23.8 Å². The minimum Gasteiger partial charge on any atom is -0.485 e. The first-order valence-corrected chi connectivity index (χ1v) is 15.4. The smallest absolute Gasteiger partial charge is 0.306 e. The fraction of sp³-hybridized carbons (Fsp3) is 0.486. The van der Waals surface area contributed by atoms with E-state index in [1.54, 1.807) is 13.2 Å². The molecule has 6 nitrogen and oxygen atoms in total. The molecular weight excluding hydrogens is 531 g/mol. The molecule has 1 N–H and O–H groups in total. The molecule has 6 rings (SSSR count). The number of aryl methyl sites for hydroxylation is 1. The molecule has 7 heteroatoms. The summed E-state index contributed by atoms with van der Waals surface area (Å²) in [4.78, 5) is 18.5. The summed E-state index contributed by atoms with van der Waals surface area (Å²) in [5.74, 6) is 0.119. The molecule has 0 spiro atoms. The molecule has 3 aliphatic rings. The van der Waals surface area contributed by atoms with Gasteiger partial charge in [-0.25, -0.2) is 9.37 Å². The quantitative estimate of drug-likeness (QED) is 0.270. The number of carbonyl (C=O) groups is 1. The summed E-state index contributed by atoms with van der Waals surface area (Å²) in [6.45, 7) is 5.84. The molecule has 1 aliphatic carbocycles. The highest BCUT2D eigenvalue weighted by atomic mass is 19.1. The predicted molar refractivity (Wildman–Crippen MR) is 160 cm³/mol. The number of aromatic nitrogens is 1. The Balaban J connectivity index is 1.33. The van der Waals surface area contributed by atoms with Gasteiger partial charge in [0.05, 0.1) is 19.2 Å². The monoisotopic (exact) mass is 572 g/mol. The second-order valence-corrected chi connectivity index (χ2v) is 12.3. The SMILES string of the molecule is CCC1CCCN1Cc1cc(C2CCc3ccc([C@H](C4CC4)[C@H](C)C(=O)O)cc3O2)ccc1-c1cc(OC)ncc1F. The lowest BCUT2D eigenvalue weighted by atomic mass is 9.82. The van der Waals surface area contributed by atoms with Crippen LogP contribution in [-0.4, -0.2) is 40.7 Å². The number of ether oxygens (including phenoxy) is 2. The van der Waals surface area contributed by atoms with E-state index in [0.29, 0.717) is 23.4 Å². The maximum atomic E-state index is 15.1. The van der Waals surface area contributed by atoms with Crippen molar-refractivity contribution in [2.45, 2.75) is 83.4 Å². The Morgan fingerprint density at radius 3 is 2.71 bits per heavy atom. The third-order valence-corrected chi connectivity index (χ3v) is 9.65. The number of methoxy groups -OCH3 is 1. The summed E-state index contributed by atoms with van der Waals surface area (Å²) in [5, 5.41) is 9.76. The lowest BCUT2D eigenvalue weighted by Crippen LogP contribution is -2.28. The van der Waals surface area contributed by atoms with Gasteiger partial charge in [0.1, 0.15) is 17.7 Å². The van der Waals surface area contributed by atoms with Crippen LogP contribution in [0.3, 0.4) is 0 Å². The average molecular weight is 573 g/mol. The fourth-order valence-corrected chi connectivity index (χ4v) is 7.14. The number of pyridine rings is 1. The van der Waals surface area contributed by atoms with Gasteiger partial charge < -0.3 is 14.6 Å². The molecule has 3 heterocycles. The first kappa shape index (κ1) is 28.7. The molecule has 2 aromatic carbocycles. The van der Waals surface area contributed by atoms with E-state index in [1.807, 2.05) is 13.0 Å². The summed E-state index contributed by atoms with van der Waals surface area (Å²) in [5.41, 5.74) is 5.73. The highest BCUT2D eigenvalue weighted by Gasteiger charge is 2.39. The topological polar surface area (TPSA) is 71.9 Å². The molecule has 2 aliphatic heterocycles. The van der Waals surface area contributed by atoms with Gasteiger partial charge in [-0.05, 0) is 97.2 Å². The lowest BCUT2D eigenvalue weighted by molar-refractivity contribution is -0.142. The van der Waals surface area contributed by atoms with Crippen LogP contribution in [0.25, 0.3) is 11.1 Å². The minimum atomic E-state index is -0.748. The molecule has 0 radical (unpaired) electrons. The molecule has 2 unspecified atom stereocenters. The van der Waals surface area contributed by atoms with E-state index in [4.69, 9.17) is 9.47 Å². The van der Waals surface area contributed by atoms with Crippen LogP contribution in [0, 0.1) is 17.7 Å². The highest BCUT2D eigenvalue weighted by Crippen LogP contribution is 2.48.